The SMILES string of the molecule is O=C(O)c1cc(F)ccc1NC(=O)c1cccc(F)c1Br. The van der Waals surface area contributed by atoms with Gasteiger partial charge in [0.2, 0.25) is 0 Å². The van der Waals surface area contributed by atoms with Gasteiger partial charge in [-0.1, -0.05) is 6.07 Å². The van der Waals surface area contributed by atoms with Crippen molar-refractivity contribution in [1.82, 2.24) is 0 Å². The summed E-state index contributed by atoms with van der Waals surface area (Å²) in [5, 5.41) is 11.3. The molecule has 0 saturated carbocycles. The number of aromatic carboxylic acids is 1. The Labute approximate surface area is 126 Å². The van der Waals surface area contributed by atoms with Gasteiger partial charge in [0.15, 0.2) is 0 Å². The minimum Gasteiger partial charge on any atom is -0.478 e. The Hall–Kier alpha value is -2.28. The zero-order chi connectivity index (χ0) is 15.6. The molecule has 2 rings (SSSR count). The standard InChI is InChI=1S/C14H8BrF2NO3/c15-12-8(2-1-3-10(12)17)13(19)18-11-5-4-7(16)6-9(11)14(20)21/h1-6H,(H,18,19)(H,20,21). The van der Waals surface area contributed by atoms with Crippen LogP contribution in [-0.2, 0) is 0 Å². The number of halogens is 3. The van der Waals surface area contributed by atoms with Crippen LogP contribution in [0.2, 0.25) is 0 Å². The molecule has 21 heavy (non-hydrogen) atoms. The molecule has 0 fully saturated rings. The van der Waals surface area contributed by atoms with Crippen LogP contribution in [0.15, 0.2) is 40.9 Å². The van der Waals surface area contributed by atoms with Crippen molar-refractivity contribution < 1.29 is 23.5 Å². The van der Waals surface area contributed by atoms with Crippen LogP contribution in [0.3, 0.4) is 0 Å². The van der Waals surface area contributed by atoms with Crippen molar-refractivity contribution in [3.05, 3.63) is 63.6 Å². The molecular weight excluding hydrogens is 348 g/mol. The molecule has 7 heteroatoms. The van der Waals surface area contributed by atoms with Gasteiger partial charge in [-0.25, -0.2) is 13.6 Å². The highest BCUT2D eigenvalue weighted by Crippen LogP contribution is 2.23. The quantitative estimate of drug-likeness (QED) is 0.882. The first kappa shape index (κ1) is 15.1. The third-order valence-electron chi connectivity index (χ3n) is 2.66. The van der Waals surface area contributed by atoms with Crippen LogP contribution >= 0.6 is 15.9 Å². The Kier molecular flexibility index (Phi) is 4.32. The van der Waals surface area contributed by atoms with E-state index < -0.39 is 29.1 Å². The van der Waals surface area contributed by atoms with Crippen LogP contribution in [0.1, 0.15) is 20.7 Å². The lowest BCUT2D eigenvalue weighted by Crippen LogP contribution is -2.16. The van der Waals surface area contributed by atoms with Gasteiger partial charge in [-0.05, 0) is 46.3 Å². The molecule has 2 aromatic carbocycles. The average Bonchev–Trinajstić information content (AvgIpc) is 2.43. The lowest BCUT2D eigenvalue weighted by molar-refractivity contribution is 0.0697. The van der Waals surface area contributed by atoms with E-state index >= 15 is 0 Å². The molecule has 0 bridgehead atoms. The monoisotopic (exact) mass is 355 g/mol. The number of carboxylic acids is 1. The molecule has 0 aliphatic rings. The summed E-state index contributed by atoms with van der Waals surface area (Å²) in [6, 6.07) is 6.82. The largest absolute Gasteiger partial charge is 0.478 e. The number of nitrogens with one attached hydrogen (secondary N) is 1. The number of carbonyl (C=O) groups excluding carboxylic acids is 1. The zero-order valence-electron chi connectivity index (χ0n) is 10.4. The molecule has 108 valence electrons. The summed E-state index contributed by atoms with van der Waals surface area (Å²) in [6.45, 7) is 0. The van der Waals surface area contributed by atoms with E-state index in [1.165, 1.54) is 18.2 Å². The van der Waals surface area contributed by atoms with Gasteiger partial charge in [-0.3, -0.25) is 4.79 Å². The molecule has 0 radical (unpaired) electrons. The van der Waals surface area contributed by atoms with Crippen molar-refractivity contribution in [1.29, 1.82) is 0 Å². The maximum atomic E-state index is 13.4. The van der Waals surface area contributed by atoms with Crippen LogP contribution in [0.4, 0.5) is 14.5 Å². The van der Waals surface area contributed by atoms with Crippen molar-refractivity contribution in [3.8, 4) is 0 Å². The van der Waals surface area contributed by atoms with Gasteiger partial charge < -0.3 is 10.4 Å². The highest BCUT2D eigenvalue weighted by Gasteiger charge is 2.17. The first-order chi connectivity index (χ1) is 9.90. The van der Waals surface area contributed by atoms with Gasteiger partial charge in [0.05, 0.1) is 21.3 Å². The molecule has 0 unspecified atom stereocenters. The van der Waals surface area contributed by atoms with E-state index in [1.54, 1.807) is 0 Å². The summed E-state index contributed by atoms with van der Waals surface area (Å²) in [7, 11) is 0. The summed E-state index contributed by atoms with van der Waals surface area (Å²) >= 11 is 2.94. The second kappa shape index (κ2) is 6.01. The fraction of sp³-hybridized carbons (Fsp3) is 0. The number of rotatable bonds is 3. The Morgan fingerprint density at radius 3 is 2.48 bits per heavy atom. The van der Waals surface area contributed by atoms with Crippen molar-refractivity contribution in [2.45, 2.75) is 0 Å². The lowest BCUT2D eigenvalue weighted by Gasteiger charge is -2.10. The maximum Gasteiger partial charge on any atom is 0.337 e. The molecule has 1 amide bonds. The summed E-state index contributed by atoms with van der Waals surface area (Å²) in [5.41, 5.74) is -0.475. The minimum absolute atomic E-state index is 0.00402. The summed E-state index contributed by atoms with van der Waals surface area (Å²) in [4.78, 5) is 23.1. The summed E-state index contributed by atoms with van der Waals surface area (Å²) in [5.74, 6) is -3.46. The lowest BCUT2D eigenvalue weighted by atomic mass is 10.1. The molecule has 0 saturated heterocycles. The topological polar surface area (TPSA) is 66.4 Å². The predicted octanol–water partition coefficient (Wildman–Crippen LogP) is 3.68. The highest BCUT2D eigenvalue weighted by atomic mass is 79.9. The number of carbonyl (C=O) groups is 2. The first-order valence-electron chi connectivity index (χ1n) is 5.68. The van der Waals surface area contributed by atoms with E-state index in [9.17, 15) is 18.4 Å². The van der Waals surface area contributed by atoms with Crippen LogP contribution in [0.5, 0.6) is 0 Å². The molecule has 0 aliphatic heterocycles. The number of benzene rings is 2. The Morgan fingerprint density at radius 2 is 1.81 bits per heavy atom. The molecule has 0 heterocycles. The third kappa shape index (κ3) is 3.25. The van der Waals surface area contributed by atoms with E-state index in [4.69, 9.17) is 5.11 Å². The van der Waals surface area contributed by atoms with Crippen molar-refractivity contribution in [2.75, 3.05) is 5.32 Å². The second-order valence-corrected chi connectivity index (χ2v) is 4.84. The summed E-state index contributed by atoms with van der Waals surface area (Å²) in [6.07, 6.45) is 0. The number of amides is 1. The number of anilines is 1. The number of carboxylic acid groups (broad SMARTS) is 1. The van der Waals surface area contributed by atoms with Gasteiger partial charge in [0.25, 0.3) is 5.91 Å². The Morgan fingerprint density at radius 1 is 1.10 bits per heavy atom. The fourth-order valence-corrected chi connectivity index (χ4v) is 2.12. The molecule has 0 aromatic heterocycles. The van der Waals surface area contributed by atoms with Crippen LogP contribution in [0, 0.1) is 11.6 Å². The molecular formula is C14H8BrF2NO3. The number of hydrogen-bond donors (Lipinski definition) is 2. The summed E-state index contributed by atoms with van der Waals surface area (Å²) < 4.78 is 26.4. The van der Waals surface area contributed by atoms with Gasteiger partial charge in [0, 0.05) is 0 Å². The molecule has 4 nitrogen and oxygen atoms in total. The van der Waals surface area contributed by atoms with Crippen molar-refractivity contribution in [3.63, 3.8) is 0 Å². The van der Waals surface area contributed by atoms with Crippen LogP contribution < -0.4 is 5.32 Å². The minimum atomic E-state index is -1.39. The van der Waals surface area contributed by atoms with E-state index in [1.807, 2.05) is 0 Å². The van der Waals surface area contributed by atoms with Gasteiger partial charge in [-0.2, -0.15) is 0 Å². The number of hydrogen-bond acceptors (Lipinski definition) is 2. The van der Waals surface area contributed by atoms with Crippen LogP contribution in [-0.4, -0.2) is 17.0 Å². The van der Waals surface area contributed by atoms with Crippen molar-refractivity contribution >= 4 is 33.5 Å². The Balaban J connectivity index is 2.36. The maximum absolute atomic E-state index is 13.4. The normalized spacial score (nSPS) is 10.2. The van der Waals surface area contributed by atoms with E-state index in [-0.39, 0.29) is 15.7 Å². The molecule has 2 aromatic rings. The van der Waals surface area contributed by atoms with Crippen molar-refractivity contribution in [2.24, 2.45) is 0 Å². The van der Waals surface area contributed by atoms with E-state index in [2.05, 4.69) is 21.2 Å². The molecule has 0 spiro atoms. The van der Waals surface area contributed by atoms with Crippen LogP contribution in [0.25, 0.3) is 0 Å². The van der Waals surface area contributed by atoms with Gasteiger partial charge in [0.1, 0.15) is 11.6 Å². The second-order valence-electron chi connectivity index (χ2n) is 4.05. The fourth-order valence-electron chi connectivity index (χ4n) is 1.67. The third-order valence-corrected chi connectivity index (χ3v) is 3.46. The molecule has 0 aliphatic carbocycles. The van der Waals surface area contributed by atoms with Gasteiger partial charge in [-0.15, -0.1) is 0 Å². The average molecular weight is 356 g/mol. The van der Waals surface area contributed by atoms with Gasteiger partial charge >= 0.3 is 5.97 Å². The Bertz CT molecular complexity index is 734. The zero-order valence-corrected chi connectivity index (χ0v) is 11.9. The molecule has 2 N–H and O–H groups in total. The first-order valence-corrected chi connectivity index (χ1v) is 6.47. The smallest absolute Gasteiger partial charge is 0.337 e. The van der Waals surface area contributed by atoms with E-state index in [0.29, 0.717) is 0 Å². The van der Waals surface area contributed by atoms with E-state index in [0.717, 1.165) is 18.2 Å². The molecule has 0 atom stereocenters. The highest BCUT2D eigenvalue weighted by molar-refractivity contribution is 9.10. The predicted molar refractivity (Wildman–Crippen MR) is 75.4 cm³/mol.